The van der Waals surface area contributed by atoms with Gasteiger partial charge in [0.25, 0.3) is 11.8 Å². The molecular formula is C33H28N4O5S2. The van der Waals surface area contributed by atoms with Crippen molar-refractivity contribution < 1.29 is 23.5 Å². The Morgan fingerprint density at radius 1 is 0.955 bits per heavy atom. The Balaban J connectivity index is 1.23. The number of thioether (sulfide) groups is 1. The predicted octanol–water partition coefficient (Wildman–Crippen LogP) is 6.94. The van der Waals surface area contributed by atoms with E-state index in [9.17, 15) is 14.4 Å². The number of carbonyl (C=O) groups is 3. The molecule has 9 nitrogen and oxygen atoms in total. The number of nitrogens with one attached hydrogen (secondary N) is 3. The molecule has 3 aromatic carbocycles. The molecule has 2 heterocycles. The number of carbonyl (C=O) groups excluding carboxylic acids is 3. The molecule has 0 aliphatic rings. The Bertz CT molecular complexity index is 1780. The highest BCUT2D eigenvalue weighted by molar-refractivity contribution is 8.00. The molecule has 0 aliphatic heterocycles. The number of ether oxygens (including phenoxy) is 1. The maximum absolute atomic E-state index is 13.3. The van der Waals surface area contributed by atoms with Gasteiger partial charge in [0.1, 0.15) is 17.2 Å². The lowest BCUT2D eigenvalue weighted by Crippen LogP contribution is -2.30. The summed E-state index contributed by atoms with van der Waals surface area (Å²) in [6.45, 7) is 1.79. The highest BCUT2D eigenvalue weighted by atomic mass is 32.2. The number of aromatic nitrogens is 1. The number of methoxy groups -OCH3 is 1. The van der Waals surface area contributed by atoms with E-state index in [1.54, 1.807) is 74.7 Å². The number of thiazole rings is 1. The van der Waals surface area contributed by atoms with E-state index in [1.807, 2.05) is 35.7 Å². The van der Waals surface area contributed by atoms with Crippen molar-refractivity contribution in [3.05, 3.63) is 120 Å². The smallest absolute Gasteiger partial charge is 0.272 e. The molecule has 3 amide bonds. The molecule has 0 bridgehead atoms. The second-order valence-corrected chi connectivity index (χ2v) is 11.6. The van der Waals surface area contributed by atoms with Crippen LogP contribution in [0.5, 0.6) is 5.75 Å². The molecule has 11 heteroatoms. The average molecular weight is 625 g/mol. The largest absolute Gasteiger partial charge is 0.496 e. The SMILES string of the molecule is COc1ccccc1-c1csc(NC(=O)C(C)Sc2cccc(NC(=O)/C(=C/c3ccco3)NC(=O)c3ccccc3)c2)n1. The van der Waals surface area contributed by atoms with Gasteiger partial charge in [-0.05, 0) is 61.5 Å². The van der Waals surface area contributed by atoms with Crippen molar-refractivity contribution in [3.8, 4) is 17.0 Å². The van der Waals surface area contributed by atoms with Gasteiger partial charge in [0.15, 0.2) is 5.13 Å². The minimum absolute atomic E-state index is 0.00976. The summed E-state index contributed by atoms with van der Waals surface area (Å²) in [4.78, 5) is 44.4. The quantitative estimate of drug-likeness (QED) is 0.107. The van der Waals surface area contributed by atoms with Crippen LogP contribution < -0.4 is 20.7 Å². The second kappa shape index (κ2) is 14.4. The highest BCUT2D eigenvalue weighted by Gasteiger charge is 2.19. The number of amides is 3. The van der Waals surface area contributed by atoms with Gasteiger partial charge in [-0.1, -0.05) is 36.4 Å². The molecule has 0 fully saturated rings. The van der Waals surface area contributed by atoms with E-state index in [0.29, 0.717) is 33.6 Å². The normalized spacial score (nSPS) is 11.8. The number of anilines is 2. The van der Waals surface area contributed by atoms with Gasteiger partial charge in [0.2, 0.25) is 5.91 Å². The Morgan fingerprint density at radius 3 is 2.52 bits per heavy atom. The Hall–Kier alpha value is -5.13. The first kappa shape index (κ1) is 30.3. The molecule has 1 unspecified atom stereocenters. The van der Waals surface area contributed by atoms with Crippen molar-refractivity contribution in [2.45, 2.75) is 17.1 Å². The summed E-state index contributed by atoms with van der Waals surface area (Å²) >= 11 is 2.67. The summed E-state index contributed by atoms with van der Waals surface area (Å²) in [6, 6.07) is 26.6. The molecule has 0 saturated heterocycles. The molecule has 222 valence electrons. The van der Waals surface area contributed by atoms with E-state index in [0.717, 1.165) is 10.5 Å². The number of furan rings is 1. The average Bonchev–Trinajstić information content (AvgIpc) is 3.73. The topological polar surface area (TPSA) is 123 Å². The first-order valence-electron chi connectivity index (χ1n) is 13.5. The Kier molecular flexibility index (Phi) is 9.90. The van der Waals surface area contributed by atoms with Crippen LogP contribution in [0.25, 0.3) is 17.3 Å². The van der Waals surface area contributed by atoms with Crippen molar-refractivity contribution in [1.29, 1.82) is 0 Å². The van der Waals surface area contributed by atoms with Crippen LogP contribution in [0.1, 0.15) is 23.0 Å². The summed E-state index contributed by atoms with van der Waals surface area (Å²) in [7, 11) is 1.60. The van der Waals surface area contributed by atoms with Gasteiger partial charge in [-0.15, -0.1) is 23.1 Å². The molecule has 44 heavy (non-hydrogen) atoms. The lowest BCUT2D eigenvalue weighted by atomic mass is 10.1. The first-order valence-corrected chi connectivity index (χ1v) is 15.2. The first-order chi connectivity index (χ1) is 21.4. The van der Waals surface area contributed by atoms with E-state index < -0.39 is 17.1 Å². The third-order valence-corrected chi connectivity index (χ3v) is 8.10. The van der Waals surface area contributed by atoms with Crippen LogP contribution in [0.3, 0.4) is 0 Å². The minimum atomic E-state index is -0.534. The van der Waals surface area contributed by atoms with Crippen LogP contribution >= 0.6 is 23.1 Å². The maximum atomic E-state index is 13.3. The van der Waals surface area contributed by atoms with Gasteiger partial charge in [-0.3, -0.25) is 14.4 Å². The van der Waals surface area contributed by atoms with E-state index in [-0.39, 0.29) is 11.6 Å². The zero-order valence-electron chi connectivity index (χ0n) is 23.8. The van der Waals surface area contributed by atoms with Crippen LogP contribution in [-0.2, 0) is 9.59 Å². The van der Waals surface area contributed by atoms with E-state index >= 15 is 0 Å². The fourth-order valence-electron chi connectivity index (χ4n) is 4.08. The molecule has 0 radical (unpaired) electrons. The van der Waals surface area contributed by atoms with Crippen molar-refractivity contribution in [3.63, 3.8) is 0 Å². The predicted molar refractivity (Wildman–Crippen MR) is 174 cm³/mol. The van der Waals surface area contributed by atoms with Gasteiger partial charge in [0.05, 0.1) is 24.3 Å². The minimum Gasteiger partial charge on any atom is -0.496 e. The molecule has 5 rings (SSSR count). The fourth-order valence-corrected chi connectivity index (χ4v) is 5.72. The van der Waals surface area contributed by atoms with Gasteiger partial charge in [-0.2, -0.15) is 0 Å². The molecule has 1 atom stereocenters. The summed E-state index contributed by atoms with van der Waals surface area (Å²) in [6.07, 6.45) is 2.94. The number of benzene rings is 3. The molecule has 3 N–H and O–H groups in total. The molecule has 0 aliphatic carbocycles. The molecule has 0 saturated carbocycles. The van der Waals surface area contributed by atoms with Crippen molar-refractivity contribution in [1.82, 2.24) is 10.3 Å². The summed E-state index contributed by atoms with van der Waals surface area (Å²) < 4.78 is 10.8. The van der Waals surface area contributed by atoms with Crippen LogP contribution in [0.15, 0.2) is 118 Å². The zero-order chi connectivity index (χ0) is 30.9. The summed E-state index contributed by atoms with van der Waals surface area (Å²) in [5, 5.41) is 10.3. The monoisotopic (exact) mass is 624 g/mol. The third kappa shape index (κ3) is 7.82. The molecular weight excluding hydrogens is 597 g/mol. The zero-order valence-corrected chi connectivity index (χ0v) is 25.4. The number of para-hydroxylation sites is 1. The molecule has 2 aromatic heterocycles. The number of rotatable bonds is 11. The number of hydrogen-bond donors (Lipinski definition) is 3. The van der Waals surface area contributed by atoms with Crippen LogP contribution in [0.2, 0.25) is 0 Å². The molecule has 5 aromatic rings. The van der Waals surface area contributed by atoms with Crippen molar-refractivity contribution in [2.24, 2.45) is 0 Å². The van der Waals surface area contributed by atoms with E-state index in [2.05, 4.69) is 20.9 Å². The second-order valence-electron chi connectivity index (χ2n) is 9.36. The number of hydrogen-bond acceptors (Lipinski definition) is 8. The third-order valence-electron chi connectivity index (χ3n) is 6.25. The molecule has 0 spiro atoms. The summed E-state index contributed by atoms with van der Waals surface area (Å²) in [5.74, 6) is -0.0690. The van der Waals surface area contributed by atoms with Gasteiger partial charge < -0.3 is 25.1 Å². The number of nitrogens with zero attached hydrogens (tertiary/aromatic N) is 1. The van der Waals surface area contributed by atoms with Crippen molar-refractivity contribution >= 4 is 57.7 Å². The maximum Gasteiger partial charge on any atom is 0.272 e. The highest BCUT2D eigenvalue weighted by Crippen LogP contribution is 2.32. The lowest BCUT2D eigenvalue weighted by Gasteiger charge is -2.13. The summed E-state index contributed by atoms with van der Waals surface area (Å²) in [5.41, 5.74) is 2.47. The van der Waals surface area contributed by atoms with Gasteiger partial charge in [0, 0.05) is 33.2 Å². The van der Waals surface area contributed by atoms with Crippen LogP contribution in [-0.4, -0.2) is 35.1 Å². The lowest BCUT2D eigenvalue weighted by molar-refractivity contribution is -0.115. The van der Waals surface area contributed by atoms with Crippen LogP contribution in [0, 0.1) is 0 Å². The van der Waals surface area contributed by atoms with Crippen LogP contribution in [0.4, 0.5) is 10.8 Å². The Morgan fingerprint density at radius 2 is 1.75 bits per heavy atom. The van der Waals surface area contributed by atoms with Gasteiger partial charge in [-0.25, -0.2) is 4.98 Å². The van der Waals surface area contributed by atoms with Crippen molar-refractivity contribution in [2.75, 3.05) is 17.7 Å². The van der Waals surface area contributed by atoms with E-state index in [4.69, 9.17) is 9.15 Å². The van der Waals surface area contributed by atoms with E-state index in [1.165, 1.54) is 35.4 Å². The fraction of sp³-hybridized carbons (Fsp3) is 0.0909. The standard InChI is InChI=1S/C33H28N4O5S2/c1-21(30(38)37-33-36-28(20-43-33)26-15-6-7-16-29(26)41-2)44-25-14-8-12-23(18-25)34-32(40)27(19-24-13-9-17-42-24)35-31(39)22-10-4-3-5-11-22/h3-21H,1-2H3,(H,34,40)(H,35,39)(H,36,37,38)/b27-19-. The Labute approximate surface area is 262 Å². The van der Waals surface area contributed by atoms with Gasteiger partial charge >= 0.3 is 0 Å².